The molecule has 0 amide bonds. The van der Waals surface area contributed by atoms with E-state index in [0.717, 1.165) is 56.2 Å². The van der Waals surface area contributed by atoms with E-state index in [2.05, 4.69) is 55.5 Å². The monoisotopic (exact) mass is 409 g/mol. The molecule has 4 aromatic carbocycles. The van der Waals surface area contributed by atoms with Crippen LogP contribution in [0, 0.1) is 6.92 Å². The summed E-state index contributed by atoms with van der Waals surface area (Å²) in [6.07, 6.45) is 0. The Hall–Kier alpha value is -3.72. The highest BCUT2D eigenvalue weighted by atomic mass is 16.5. The molecule has 3 nitrogen and oxygen atoms in total. The van der Waals surface area contributed by atoms with Crippen LogP contribution in [0.2, 0.25) is 0 Å². The first kappa shape index (κ1) is 20.5. The molecule has 0 bridgehead atoms. The number of methoxy groups -OCH3 is 3. The van der Waals surface area contributed by atoms with E-state index in [-0.39, 0.29) is 0 Å². The minimum Gasteiger partial charge on any atom is -0.497 e. The van der Waals surface area contributed by atoms with Gasteiger partial charge in [0.25, 0.3) is 0 Å². The molecule has 0 unspecified atom stereocenters. The molecule has 0 aromatic heterocycles. The van der Waals surface area contributed by atoms with Gasteiger partial charge in [-0.05, 0) is 82.3 Å². The molecule has 0 fully saturated rings. The van der Waals surface area contributed by atoms with Gasteiger partial charge < -0.3 is 14.2 Å². The van der Waals surface area contributed by atoms with Crippen LogP contribution in [-0.4, -0.2) is 21.3 Å². The van der Waals surface area contributed by atoms with E-state index in [0.29, 0.717) is 0 Å². The van der Waals surface area contributed by atoms with Crippen molar-refractivity contribution in [3.05, 3.63) is 97.4 Å². The van der Waals surface area contributed by atoms with Crippen molar-refractivity contribution in [2.24, 2.45) is 0 Å². The normalized spacial score (nSPS) is 10.6. The first-order chi connectivity index (χ1) is 15.1. The molecule has 1 radical (unpaired) electrons. The van der Waals surface area contributed by atoms with Crippen LogP contribution in [0.1, 0.15) is 5.56 Å². The van der Waals surface area contributed by atoms with E-state index in [1.165, 1.54) is 0 Å². The first-order valence-corrected chi connectivity index (χ1v) is 10.1. The number of ether oxygens (including phenoxy) is 3. The third kappa shape index (κ3) is 4.13. The molecule has 4 aromatic rings. The van der Waals surface area contributed by atoms with Crippen molar-refractivity contribution in [1.29, 1.82) is 0 Å². The lowest BCUT2D eigenvalue weighted by molar-refractivity contribution is 0.414. The van der Waals surface area contributed by atoms with E-state index in [1.54, 1.807) is 21.3 Å². The second-order valence-electron chi connectivity index (χ2n) is 7.21. The summed E-state index contributed by atoms with van der Waals surface area (Å²) in [4.78, 5) is 0. The Bertz CT molecular complexity index is 1160. The highest BCUT2D eigenvalue weighted by molar-refractivity contribution is 5.96. The van der Waals surface area contributed by atoms with Crippen molar-refractivity contribution in [3.8, 4) is 50.6 Å². The lowest BCUT2D eigenvalue weighted by Crippen LogP contribution is -1.94. The Labute approximate surface area is 183 Å². The van der Waals surface area contributed by atoms with Crippen LogP contribution >= 0.6 is 0 Å². The summed E-state index contributed by atoms with van der Waals surface area (Å²) in [6, 6.07) is 28.6. The fraction of sp³-hybridized carbons (Fsp3) is 0.107. The van der Waals surface area contributed by atoms with Gasteiger partial charge in [0, 0.05) is 0 Å². The molecule has 0 heterocycles. The second kappa shape index (κ2) is 8.97. The summed E-state index contributed by atoms with van der Waals surface area (Å²) in [5.74, 6) is 2.48. The van der Waals surface area contributed by atoms with Crippen LogP contribution in [0.15, 0.2) is 84.9 Å². The molecule has 0 aliphatic rings. The van der Waals surface area contributed by atoms with Crippen LogP contribution in [0.3, 0.4) is 0 Å². The Morgan fingerprint density at radius 3 is 1.26 bits per heavy atom. The largest absolute Gasteiger partial charge is 0.497 e. The lowest BCUT2D eigenvalue weighted by atomic mass is 9.85. The zero-order valence-corrected chi connectivity index (χ0v) is 18.0. The maximum absolute atomic E-state index is 5.37. The summed E-state index contributed by atoms with van der Waals surface area (Å²) in [5.41, 5.74) is 7.63. The van der Waals surface area contributed by atoms with Crippen molar-refractivity contribution in [2.75, 3.05) is 21.3 Å². The predicted octanol–water partition coefficient (Wildman–Crippen LogP) is 6.90. The highest BCUT2D eigenvalue weighted by Crippen LogP contribution is 2.43. The number of benzene rings is 4. The quantitative estimate of drug-likeness (QED) is 0.347. The molecule has 0 N–H and O–H groups in total. The SMILES string of the molecule is [CH2]c1ccc(-c2ccc(OC)cc2)c(-c2ccc(OC)cc2)c1-c1ccc(OC)cc1. The molecule has 4 rings (SSSR count). The summed E-state index contributed by atoms with van der Waals surface area (Å²) >= 11 is 0. The first-order valence-electron chi connectivity index (χ1n) is 10.1. The van der Waals surface area contributed by atoms with E-state index < -0.39 is 0 Å². The maximum atomic E-state index is 5.37. The van der Waals surface area contributed by atoms with Gasteiger partial charge in [-0.3, -0.25) is 0 Å². The number of rotatable bonds is 6. The van der Waals surface area contributed by atoms with Gasteiger partial charge in [0.15, 0.2) is 0 Å². The molecule has 0 aliphatic heterocycles. The van der Waals surface area contributed by atoms with Crippen molar-refractivity contribution in [2.45, 2.75) is 0 Å². The third-order valence-corrected chi connectivity index (χ3v) is 5.45. The Kier molecular flexibility index (Phi) is 5.94. The molecule has 0 saturated carbocycles. The standard InChI is InChI=1S/C28H25O3/c1-19-5-18-26(20-6-12-23(29-2)13-7-20)28(22-10-16-25(31-4)17-11-22)27(19)21-8-14-24(30-3)15-9-21/h5-18H,1H2,2-4H3. The molecular formula is C28H25O3. The average molecular weight is 410 g/mol. The van der Waals surface area contributed by atoms with Gasteiger partial charge in [-0.25, -0.2) is 0 Å². The fourth-order valence-corrected chi connectivity index (χ4v) is 3.80. The molecule has 0 spiro atoms. The van der Waals surface area contributed by atoms with Crippen LogP contribution in [0.4, 0.5) is 0 Å². The molecule has 31 heavy (non-hydrogen) atoms. The lowest BCUT2D eigenvalue weighted by Gasteiger charge is -2.19. The van der Waals surface area contributed by atoms with Crippen molar-refractivity contribution >= 4 is 0 Å². The molecular weight excluding hydrogens is 384 g/mol. The fourth-order valence-electron chi connectivity index (χ4n) is 3.80. The van der Waals surface area contributed by atoms with E-state index in [9.17, 15) is 0 Å². The van der Waals surface area contributed by atoms with Crippen molar-refractivity contribution in [1.82, 2.24) is 0 Å². The summed E-state index contributed by atoms with van der Waals surface area (Å²) in [6.45, 7) is 4.35. The zero-order valence-electron chi connectivity index (χ0n) is 18.0. The molecule has 0 aliphatic carbocycles. The van der Waals surface area contributed by atoms with Crippen molar-refractivity contribution < 1.29 is 14.2 Å². The van der Waals surface area contributed by atoms with E-state index in [4.69, 9.17) is 14.2 Å². The summed E-state index contributed by atoms with van der Waals surface area (Å²) < 4.78 is 16.1. The predicted molar refractivity (Wildman–Crippen MR) is 127 cm³/mol. The highest BCUT2D eigenvalue weighted by Gasteiger charge is 2.17. The van der Waals surface area contributed by atoms with Crippen LogP contribution < -0.4 is 14.2 Å². The molecule has 3 heteroatoms. The minimum absolute atomic E-state index is 0.825. The summed E-state index contributed by atoms with van der Waals surface area (Å²) in [7, 11) is 5.03. The average Bonchev–Trinajstić information content (AvgIpc) is 2.84. The third-order valence-electron chi connectivity index (χ3n) is 5.45. The Balaban J connectivity index is 1.97. The summed E-state index contributed by atoms with van der Waals surface area (Å²) in [5, 5.41) is 0. The van der Waals surface area contributed by atoms with E-state index in [1.807, 2.05) is 36.4 Å². The Morgan fingerprint density at radius 2 is 0.839 bits per heavy atom. The number of hydrogen-bond donors (Lipinski definition) is 0. The van der Waals surface area contributed by atoms with Gasteiger partial charge >= 0.3 is 0 Å². The van der Waals surface area contributed by atoms with Crippen LogP contribution in [0.5, 0.6) is 17.2 Å². The van der Waals surface area contributed by atoms with Crippen LogP contribution in [-0.2, 0) is 0 Å². The van der Waals surface area contributed by atoms with Gasteiger partial charge in [0.2, 0.25) is 0 Å². The van der Waals surface area contributed by atoms with Crippen LogP contribution in [0.25, 0.3) is 33.4 Å². The van der Waals surface area contributed by atoms with Gasteiger partial charge in [-0.2, -0.15) is 0 Å². The Morgan fingerprint density at radius 1 is 0.452 bits per heavy atom. The molecule has 0 saturated heterocycles. The second-order valence-corrected chi connectivity index (χ2v) is 7.21. The van der Waals surface area contributed by atoms with Crippen molar-refractivity contribution in [3.63, 3.8) is 0 Å². The minimum atomic E-state index is 0.825. The van der Waals surface area contributed by atoms with Gasteiger partial charge in [0.05, 0.1) is 21.3 Å². The number of hydrogen-bond acceptors (Lipinski definition) is 3. The smallest absolute Gasteiger partial charge is 0.118 e. The molecule has 0 atom stereocenters. The van der Waals surface area contributed by atoms with Gasteiger partial charge in [-0.1, -0.05) is 48.5 Å². The van der Waals surface area contributed by atoms with Gasteiger partial charge in [0.1, 0.15) is 17.2 Å². The topological polar surface area (TPSA) is 27.7 Å². The maximum Gasteiger partial charge on any atom is 0.118 e. The molecule has 155 valence electrons. The van der Waals surface area contributed by atoms with E-state index >= 15 is 0 Å². The van der Waals surface area contributed by atoms with Gasteiger partial charge in [-0.15, -0.1) is 0 Å². The zero-order chi connectivity index (χ0) is 21.8.